The van der Waals surface area contributed by atoms with Crippen molar-refractivity contribution in [1.82, 2.24) is 5.32 Å². The summed E-state index contributed by atoms with van der Waals surface area (Å²) < 4.78 is 0. The van der Waals surface area contributed by atoms with Gasteiger partial charge in [0.1, 0.15) is 0 Å². The highest BCUT2D eigenvalue weighted by Crippen LogP contribution is 2.48. The van der Waals surface area contributed by atoms with Crippen molar-refractivity contribution < 1.29 is 9.90 Å². The van der Waals surface area contributed by atoms with Crippen LogP contribution in [0.25, 0.3) is 0 Å². The Morgan fingerprint density at radius 2 is 2.00 bits per heavy atom. The first-order chi connectivity index (χ1) is 9.44. The van der Waals surface area contributed by atoms with Gasteiger partial charge < -0.3 is 10.4 Å². The number of benzene rings is 1. The first kappa shape index (κ1) is 15.0. The lowest BCUT2D eigenvalue weighted by molar-refractivity contribution is -0.123. The first-order valence-electron chi connectivity index (χ1n) is 7.45. The van der Waals surface area contributed by atoms with Crippen LogP contribution in [0.5, 0.6) is 0 Å². The van der Waals surface area contributed by atoms with Gasteiger partial charge in [-0.1, -0.05) is 38.1 Å². The lowest BCUT2D eigenvalue weighted by Gasteiger charge is -2.20. The summed E-state index contributed by atoms with van der Waals surface area (Å²) in [5, 5.41) is 12.7. The number of hydrogen-bond donors (Lipinski definition) is 2. The number of aliphatic hydroxyl groups excluding tert-OH is 1. The highest BCUT2D eigenvalue weighted by atomic mass is 16.3. The summed E-state index contributed by atoms with van der Waals surface area (Å²) >= 11 is 0. The molecule has 1 fully saturated rings. The van der Waals surface area contributed by atoms with E-state index in [9.17, 15) is 9.90 Å². The van der Waals surface area contributed by atoms with Crippen LogP contribution < -0.4 is 5.32 Å². The molecule has 1 unspecified atom stereocenters. The van der Waals surface area contributed by atoms with Crippen LogP contribution in [-0.2, 0) is 10.2 Å². The fourth-order valence-electron chi connectivity index (χ4n) is 2.63. The molecule has 0 saturated heterocycles. The van der Waals surface area contributed by atoms with E-state index in [1.165, 1.54) is 11.1 Å². The number of aryl methyl sites for hydroxylation is 1. The van der Waals surface area contributed by atoms with E-state index in [0.29, 0.717) is 6.54 Å². The summed E-state index contributed by atoms with van der Waals surface area (Å²) in [5.74, 6) is 0.0677. The minimum Gasteiger partial charge on any atom is -0.392 e. The average Bonchev–Trinajstić information content (AvgIpc) is 3.18. The average molecular weight is 275 g/mol. The molecule has 1 aliphatic rings. The summed E-state index contributed by atoms with van der Waals surface area (Å²) in [6, 6.07) is 8.40. The molecule has 1 amide bonds. The zero-order valence-electron chi connectivity index (χ0n) is 12.6. The highest BCUT2D eigenvalue weighted by molar-refractivity contribution is 5.76. The van der Waals surface area contributed by atoms with E-state index in [1.807, 2.05) is 19.9 Å². The van der Waals surface area contributed by atoms with E-state index >= 15 is 0 Å². The standard InChI is InChI=1S/C17H25NO2/c1-12(2)15(19)10-16(20)18-11-17(8-9-17)14-7-5-4-6-13(14)3/h4-7,12,15,19H,8-11H2,1-3H3,(H,18,20). The van der Waals surface area contributed by atoms with Gasteiger partial charge in [0.05, 0.1) is 12.5 Å². The van der Waals surface area contributed by atoms with E-state index in [1.54, 1.807) is 0 Å². The maximum absolute atomic E-state index is 11.9. The quantitative estimate of drug-likeness (QED) is 0.838. The molecular formula is C17H25NO2. The van der Waals surface area contributed by atoms with Gasteiger partial charge in [0.2, 0.25) is 5.91 Å². The Balaban J connectivity index is 1.91. The molecule has 0 aromatic heterocycles. The molecule has 1 saturated carbocycles. The third-order valence-electron chi connectivity index (χ3n) is 4.36. The number of aliphatic hydroxyl groups is 1. The molecule has 0 heterocycles. The monoisotopic (exact) mass is 275 g/mol. The molecule has 2 rings (SSSR count). The fraction of sp³-hybridized carbons (Fsp3) is 0.588. The lowest BCUT2D eigenvalue weighted by atomic mass is 9.92. The van der Waals surface area contributed by atoms with Crippen LogP contribution in [0.1, 0.15) is 44.2 Å². The molecule has 3 nitrogen and oxygen atoms in total. The molecule has 3 heteroatoms. The predicted molar refractivity (Wildman–Crippen MR) is 80.6 cm³/mol. The third-order valence-corrected chi connectivity index (χ3v) is 4.36. The van der Waals surface area contributed by atoms with Gasteiger partial charge in [0, 0.05) is 12.0 Å². The number of carbonyl (C=O) groups excluding carboxylic acids is 1. The van der Waals surface area contributed by atoms with Crippen LogP contribution in [0.2, 0.25) is 0 Å². The Labute approximate surface area is 121 Å². The summed E-state index contributed by atoms with van der Waals surface area (Å²) in [4.78, 5) is 11.9. The van der Waals surface area contributed by atoms with E-state index in [-0.39, 0.29) is 23.7 Å². The fourth-order valence-corrected chi connectivity index (χ4v) is 2.63. The molecular weight excluding hydrogens is 250 g/mol. The van der Waals surface area contributed by atoms with Gasteiger partial charge in [-0.3, -0.25) is 4.79 Å². The summed E-state index contributed by atoms with van der Waals surface area (Å²) in [5.41, 5.74) is 2.77. The van der Waals surface area contributed by atoms with Crippen molar-refractivity contribution in [2.75, 3.05) is 6.54 Å². The summed E-state index contributed by atoms with van der Waals surface area (Å²) in [6.07, 6.45) is 1.90. The minimum absolute atomic E-state index is 0.0499. The van der Waals surface area contributed by atoms with Gasteiger partial charge in [-0.05, 0) is 36.8 Å². The molecule has 0 spiro atoms. The van der Waals surface area contributed by atoms with Crippen molar-refractivity contribution in [2.45, 2.75) is 51.6 Å². The van der Waals surface area contributed by atoms with Crippen molar-refractivity contribution in [3.8, 4) is 0 Å². The lowest BCUT2D eigenvalue weighted by Crippen LogP contribution is -2.35. The zero-order chi connectivity index (χ0) is 14.8. The van der Waals surface area contributed by atoms with E-state index in [4.69, 9.17) is 0 Å². The van der Waals surface area contributed by atoms with Crippen LogP contribution >= 0.6 is 0 Å². The van der Waals surface area contributed by atoms with E-state index in [0.717, 1.165) is 12.8 Å². The Hall–Kier alpha value is -1.35. The number of hydrogen-bond acceptors (Lipinski definition) is 2. The van der Waals surface area contributed by atoms with Crippen LogP contribution in [0.3, 0.4) is 0 Å². The molecule has 2 N–H and O–H groups in total. The second-order valence-electron chi connectivity index (χ2n) is 6.39. The van der Waals surface area contributed by atoms with Gasteiger partial charge in [-0.15, -0.1) is 0 Å². The molecule has 0 radical (unpaired) electrons. The van der Waals surface area contributed by atoms with Crippen molar-refractivity contribution in [1.29, 1.82) is 0 Å². The SMILES string of the molecule is Cc1ccccc1C1(CNC(=O)CC(O)C(C)C)CC1. The van der Waals surface area contributed by atoms with Crippen molar-refractivity contribution in [2.24, 2.45) is 5.92 Å². The normalized spacial score (nSPS) is 17.9. The van der Waals surface area contributed by atoms with Gasteiger partial charge in [0.15, 0.2) is 0 Å². The maximum Gasteiger partial charge on any atom is 0.222 e. The smallest absolute Gasteiger partial charge is 0.222 e. The van der Waals surface area contributed by atoms with Gasteiger partial charge in [-0.2, -0.15) is 0 Å². The summed E-state index contributed by atoms with van der Waals surface area (Å²) in [7, 11) is 0. The van der Waals surface area contributed by atoms with Crippen LogP contribution in [0.4, 0.5) is 0 Å². The topological polar surface area (TPSA) is 49.3 Å². The molecule has 1 aromatic carbocycles. The Morgan fingerprint density at radius 3 is 2.55 bits per heavy atom. The zero-order valence-corrected chi connectivity index (χ0v) is 12.6. The number of nitrogens with one attached hydrogen (secondary N) is 1. The molecule has 1 aromatic rings. The van der Waals surface area contributed by atoms with Gasteiger partial charge in [0.25, 0.3) is 0 Å². The maximum atomic E-state index is 11.9. The predicted octanol–water partition coefficient (Wildman–Crippen LogP) is 2.55. The third kappa shape index (κ3) is 3.40. The minimum atomic E-state index is -0.552. The van der Waals surface area contributed by atoms with Crippen LogP contribution in [0, 0.1) is 12.8 Å². The number of carbonyl (C=O) groups is 1. The van der Waals surface area contributed by atoms with Crippen LogP contribution in [0.15, 0.2) is 24.3 Å². The van der Waals surface area contributed by atoms with Crippen molar-refractivity contribution >= 4 is 5.91 Å². The molecule has 20 heavy (non-hydrogen) atoms. The number of amides is 1. The van der Waals surface area contributed by atoms with Crippen molar-refractivity contribution in [3.05, 3.63) is 35.4 Å². The van der Waals surface area contributed by atoms with Crippen LogP contribution in [-0.4, -0.2) is 23.7 Å². The highest BCUT2D eigenvalue weighted by Gasteiger charge is 2.45. The Kier molecular flexibility index (Phi) is 4.48. The Morgan fingerprint density at radius 1 is 1.35 bits per heavy atom. The van der Waals surface area contributed by atoms with E-state index in [2.05, 4.69) is 30.4 Å². The molecule has 110 valence electrons. The van der Waals surface area contributed by atoms with Crippen molar-refractivity contribution in [3.63, 3.8) is 0 Å². The second kappa shape index (κ2) is 5.96. The summed E-state index contributed by atoms with van der Waals surface area (Å²) in [6.45, 7) is 6.66. The largest absolute Gasteiger partial charge is 0.392 e. The molecule has 1 atom stereocenters. The molecule has 0 bridgehead atoms. The van der Waals surface area contributed by atoms with Gasteiger partial charge >= 0.3 is 0 Å². The van der Waals surface area contributed by atoms with Gasteiger partial charge in [-0.25, -0.2) is 0 Å². The molecule has 1 aliphatic carbocycles. The van der Waals surface area contributed by atoms with E-state index < -0.39 is 6.10 Å². The second-order valence-corrected chi connectivity index (χ2v) is 6.39. The first-order valence-corrected chi connectivity index (χ1v) is 7.45. The Bertz CT molecular complexity index is 478. The number of rotatable bonds is 6. The molecule has 0 aliphatic heterocycles.